The summed E-state index contributed by atoms with van der Waals surface area (Å²) >= 11 is 1.77. The molecule has 1 aliphatic heterocycles. The van der Waals surface area contributed by atoms with E-state index in [0.717, 1.165) is 11.3 Å². The summed E-state index contributed by atoms with van der Waals surface area (Å²) in [6.07, 6.45) is 0. The number of amides is 2. The smallest absolute Gasteiger partial charge is 0.309 e. The first-order valence-corrected chi connectivity index (χ1v) is 6.50. The number of benzene rings is 1. The van der Waals surface area contributed by atoms with Gasteiger partial charge in [0, 0.05) is 11.4 Å². The molecule has 1 atom stereocenters. The maximum Gasteiger partial charge on any atom is 0.309 e. The van der Waals surface area contributed by atoms with Crippen molar-refractivity contribution in [3.63, 3.8) is 0 Å². The number of hydrogen-bond acceptors (Lipinski definition) is 3. The number of nitrogens with one attached hydrogen (secondary N) is 2. The Kier molecular flexibility index (Phi) is 3.68. The van der Waals surface area contributed by atoms with Crippen molar-refractivity contribution in [2.24, 2.45) is 0 Å². The molecule has 0 spiro atoms. The molecule has 90 valence electrons. The van der Waals surface area contributed by atoms with Gasteiger partial charge in [-0.05, 0) is 23.4 Å². The zero-order valence-electron chi connectivity index (χ0n) is 9.53. The Labute approximate surface area is 104 Å². The minimum absolute atomic E-state index is 0.124. The third-order valence-electron chi connectivity index (χ3n) is 2.57. The minimum Gasteiger partial charge on any atom is -0.345 e. The third-order valence-corrected chi connectivity index (χ3v) is 3.47. The summed E-state index contributed by atoms with van der Waals surface area (Å²) < 4.78 is 0. The molecule has 1 aromatic rings. The van der Waals surface area contributed by atoms with Crippen molar-refractivity contribution in [3.05, 3.63) is 29.8 Å². The first-order chi connectivity index (χ1) is 8.20. The van der Waals surface area contributed by atoms with Crippen molar-refractivity contribution in [2.45, 2.75) is 17.9 Å². The first-order valence-electron chi connectivity index (χ1n) is 5.52. The van der Waals surface area contributed by atoms with Crippen LogP contribution in [0.25, 0.3) is 0 Å². The number of carbonyl (C=O) groups is 2. The van der Waals surface area contributed by atoms with Gasteiger partial charge in [-0.15, -0.1) is 11.8 Å². The largest absolute Gasteiger partial charge is 0.345 e. The summed E-state index contributed by atoms with van der Waals surface area (Å²) in [4.78, 5) is 23.4. The lowest BCUT2D eigenvalue weighted by Crippen LogP contribution is -2.51. The second kappa shape index (κ2) is 5.23. The summed E-state index contributed by atoms with van der Waals surface area (Å²) in [6.45, 7) is 2.56. The normalized spacial score (nSPS) is 19.7. The Morgan fingerprint density at radius 1 is 1.24 bits per heavy atom. The van der Waals surface area contributed by atoms with Crippen LogP contribution in [0, 0.1) is 0 Å². The molecule has 2 N–H and O–H groups in total. The van der Waals surface area contributed by atoms with Crippen LogP contribution in [0.2, 0.25) is 0 Å². The molecule has 1 saturated heterocycles. The van der Waals surface area contributed by atoms with E-state index in [1.807, 2.05) is 24.3 Å². The van der Waals surface area contributed by atoms with E-state index in [0.29, 0.717) is 6.54 Å². The number of piperazine rings is 1. The lowest BCUT2D eigenvalue weighted by molar-refractivity contribution is -0.141. The Balaban J connectivity index is 2.07. The summed E-state index contributed by atoms with van der Waals surface area (Å²) in [5.74, 6) is -0.0806. The molecule has 0 bridgehead atoms. The van der Waals surface area contributed by atoms with Crippen LogP contribution in [-0.4, -0.2) is 24.1 Å². The van der Waals surface area contributed by atoms with Gasteiger partial charge in [-0.25, -0.2) is 0 Å². The molecule has 1 aromatic carbocycles. The van der Waals surface area contributed by atoms with Gasteiger partial charge >= 0.3 is 11.8 Å². The van der Waals surface area contributed by atoms with Crippen molar-refractivity contribution in [3.8, 4) is 0 Å². The monoisotopic (exact) mass is 250 g/mol. The molecular formula is C12H14N2O2S. The third kappa shape index (κ3) is 2.79. The van der Waals surface area contributed by atoms with Gasteiger partial charge in [0.15, 0.2) is 0 Å². The van der Waals surface area contributed by atoms with Crippen LogP contribution in [0.15, 0.2) is 29.2 Å². The van der Waals surface area contributed by atoms with E-state index in [-0.39, 0.29) is 6.04 Å². The van der Waals surface area contributed by atoms with E-state index in [1.54, 1.807) is 11.8 Å². The molecule has 4 nitrogen and oxygen atoms in total. The number of thioether (sulfide) groups is 1. The first kappa shape index (κ1) is 12.0. The summed E-state index contributed by atoms with van der Waals surface area (Å²) in [5, 5.41) is 5.24. The molecule has 1 heterocycles. The van der Waals surface area contributed by atoms with Crippen LogP contribution in [0.3, 0.4) is 0 Å². The fourth-order valence-electron chi connectivity index (χ4n) is 1.71. The highest BCUT2D eigenvalue weighted by Gasteiger charge is 2.25. The highest BCUT2D eigenvalue weighted by Crippen LogP contribution is 2.21. The molecule has 1 aliphatic rings. The van der Waals surface area contributed by atoms with Crippen molar-refractivity contribution >= 4 is 23.6 Å². The van der Waals surface area contributed by atoms with Gasteiger partial charge in [0.2, 0.25) is 0 Å². The van der Waals surface area contributed by atoms with E-state index in [9.17, 15) is 9.59 Å². The molecule has 1 unspecified atom stereocenters. The average molecular weight is 250 g/mol. The van der Waals surface area contributed by atoms with Gasteiger partial charge < -0.3 is 10.6 Å². The van der Waals surface area contributed by atoms with Crippen LogP contribution >= 0.6 is 11.8 Å². The quantitative estimate of drug-likeness (QED) is 0.623. The van der Waals surface area contributed by atoms with E-state index in [4.69, 9.17) is 0 Å². The predicted molar refractivity (Wildman–Crippen MR) is 66.7 cm³/mol. The van der Waals surface area contributed by atoms with Crippen LogP contribution in [0.5, 0.6) is 0 Å². The summed E-state index contributed by atoms with van der Waals surface area (Å²) in [6, 6.07) is 7.92. The Hall–Kier alpha value is -1.49. The van der Waals surface area contributed by atoms with Gasteiger partial charge in [0.25, 0.3) is 0 Å². The number of rotatable bonds is 3. The van der Waals surface area contributed by atoms with E-state index in [2.05, 4.69) is 17.6 Å². The Bertz CT molecular complexity index is 431. The molecule has 2 amide bonds. The number of carbonyl (C=O) groups excluding carboxylic acids is 2. The Morgan fingerprint density at radius 3 is 2.53 bits per heavy atom. The SMILES string of the molecule is CCSc1ccc(C2CNC(=O)C(=O)N2)cc1. The zero-order valence-corrected chi connectivity index (χ0v) is 10.3. The van der Waals surface area contributed by atoms with E-state index >= 15 is 0 Å². The van der Waals surface area contributed by atoms with Crippen LogP contribution in [0.4, 0.5) is 0 Å². The zero-order chi connectivity index (χ0) is 12.3. The predicted octanol–water partition coefficient (Wildman–Crippen LogP) is 1.09. The lowest BCUT2D eigenvalue weighted by atomic mass is 10.1. The molecule has 1 fully saturated rings. The molecular weight excluding hydrogens is 236 g/mol. The molecule has 0 aromatic heterocycles. The molecule has 5 heteroatoms. The molecule has 2 rings (SSSR count). The maximum atomic E-state index is 11.2. The number of hydrogen-bond donors (Lipinski definition) is 2. The maximum absolute atomic E-state index is 11.2. The second-order valence-corrected chi connectivity index (χ2v) is 5.08. The second-order valence-electron chi connectivity index (χ2n) is 3.74. The van der Waals surface area contributed by atoms with Gasteiger partial charge in [-0.3, -0.25) is 9.59 Å². The van der Waals surface area contributed by atoms with Crippen molar-refractivity contribution in [1.29, 1.82) is 0 Å². The van der Waals surface area contributed by atoms with Crippen molar-refractivity contribution < 1.29 is 9.59 Å². The van der Waals surface area contributed by atoms with Crippen LogP contribution in [0.1, 0.15) is 18.5 Å². The van der Waals surface area contributed by atoms with Crippen LogP contribution < -0.4 is 10.6 Å². The fraction of sp³-hybridized carbons (Fsp3) is 0.333. The van der Waals surface area contributed by atoms with Crippen LogP contribution in [-0.2, 0) is 9.59 Å². The molecule has 0 saturated carbocycles. The minimum atomic E-state index is -0.562. The fourth-order valence-corrected chi connectivity index (χ4v) is 2.38. The van der Waals surface area contributed by atoms with Crippen molar-refractivity contribution in [2.75, 3.05) is 12.3 Å². The lowest BCUT2D eigenvalue weighted by Gasteiger charge is -2.23. The van der Waals surface area contributed by atoms with Crippen molar-refractivity contribution in [1.82, 2.24) is 10.6 Å². The Morgan fingerprint density at radius 2 is 1.94 bits per heavy atom. The standard InChI is InChI=1S/C12H14N2O2S/c1-2-17-9-5-3-8(4-6-9)10-7-13-11(15)12(16)14-10/h3-6,10H,2,7H2,1H3,(H,13,15)(H,14,16). The van der Waals surface area contributed by atoms with E-state index < -0.39 is 11.8 Å². The van der Waals surface area contributed by atoms with E-state index in [1.165, 1.54) is 4.90 Å². The molecule has 0 radical (unpaired) electrons. The summed E-state index contributed by atoms with van der Waals surface area (Å²) in [7, 11) is 0. The van der Waals surface area contributed by atoms with Gasteiger partial charge in [-0.1, -0.05) is 19.1 Å². The topological polar surface area (TPSA) is 58.2 Å². The molecule has 0 aliphatic carbocycles. The highest BCUT2D eigenvalue weighted by molar-refractivity contribution is 7.99. The summed E-state index contributed by atoms with van der Waals surface area (Å²) in [5.41, 5.74) is 1.01. The van der Waals surface area contributed by atoms with Gasteiger partial charge in [0.05, 0.1) is 6.04 Å². The average Bonchev–Trinajstić information content (AvgIpc) is 2.34. The highest BCUT2D eigenvalue weighted by atomic mass is 32.2. The molecule has 17 heavy (non-hydrogen) atoms. The van der Waals surface area contributed by atoms with Gasteiger partial charge in [-0.2, -0.15) is 0 Å². The van der Waals surface area contributed by atoms with Gasteiger partial charge in [0.1, 0.15) is 0 Å².